The molecule has 0 radical (unpaired) electrons. The van der Waals surface area contributed by atoms with Gasteiger partial charge in [-0.05, 0) is 18.1 Å². The van der Waals surface area contributed by atoms with Crippen molar-refractivity contribution in [1.82, 2.24) is 15.1 Å². The second kappa shape index (κ2) is 8.12. The summed E-state index contributed by atoms with van der Waals surface area (Å²) in [5.74, 6) is -0.372. The number of ether oxygens (including phenoxy) is 1. The number of carbonyl (C=O) groups is 2. The van der Waals surface area contributed by atoms with Gasteiger partial charge in [-0.3, -0.25) is 9.59 Å². The van der Waals surface area contributed by atoms with E-state index in [0.29, 0.717) is 12.5 Å². The number of hydrogen-bond donors (Lipinski definition) is 1. The average Bonchev–Trinajstić information content (AvgIpc) is 3.00. The molecule has 0 bridgehead atoms. The van der Waals surface area contributed by atoms with Crippen LogP contribution in [-0.4, -0.2) is 34.8 Å². The van der Waals surface area contributed by atoms with Crippen molar-refractivity contribution >= 4 is 11.9 Å². The number of amides is 1. The van der Waals surface area contributed by atoms with Gasteiger partial charge in [-0.1, -0.05) is 32.0 Å². The van der Waals surface area contributed by atoms with Crippen LogP contribution in [0.25, 0.3) is 5.69 Å². The Hall–Kier alpha value is -2.63. The highest BCUT2D eigenvalue weighted by atomic mass is 16.5. The van der Waals surface area contributed by atoms with Gasteiger partial charge < -0.3 is 10.1 Å². The molecule has 6 nitrogen and oxygen atoms in total. The fraction of sp³-hybridized carbons (Fsp3) is 0.353. The quantitative estimate of drug-likeness (QED) is 0.790. The van der Waals surface area contributed by atoms with E-state index in [4.69, 9.17) is 4.74 Å². The normalized spacial score (nSPS) is 10.6. The first-order valence-corrected chi connectivity index (χ1v) is 7.56. The van der Waals surface area contributed by atoms with Gasteiger partial charge in [-0.25, -0.2) is 4.68 Å². The van der Waals surface area contributed by atoms with Crippen molar-refractivity contribution in [2.75, 3.05) is 13.2 Å². The number of nitrogens with one attached hydrogen (secondary N) is 1. The van der Waals surface area contributed by atoms with Gasteiger partial charge in [0, 0.05) is 18.3 Å². The van der Waals surface area contributed by atoms with Crippen molar-refractivity contribution < 1.29 is 14.3 Å². The molecule has 0 saturated carbocycles. The molecule has 0 fully saturated rings. The fourth-order valence-corrected chi connectivity index (χ4v) is 1.91. The summed E-state index contributed by atoms with van der Waals surface area (Å²) in [4.78, 5) is 23.3. The number of carbonyl (C=O) groups excluding carboxylic acids is 2. The molecule has 1 amide bonds. The number of rotatable bonds is 7. The van der Waals surface area contributed by atoms with Crippen LogP contribution in [0.1, 0.15) is 19.4 Å². The Bertz CT molecular complexity index is 650. The zero-order valence-corrected chi connectivity index (χ0v) is 13.4. The SMILES string of the molecule is CC(C)CNC(=O)COC(=O)Cc1cnn(-c2ccccc2)c1. The molecule has 0 aliphatic rings. The van der Waals surface area contributed by atoms with E-state index in [9.17, 15) is 9.59 Å². The van der Waals surface area contributed by atoms with Crippen LogP contribution in [0, 0.1) is 5.92 Å². The molecule has 2 rings (SSSR count). The number of esters is 1. The van der Waals surface area contributed by atoms with Crippen molar-refractivity contribution in [3.63, 3.8) is 0 Å². The molecule has 0 unspecified atom stereocenters. The highest BCUT2D eigenvalue weighted by Gasteiger charge is 2.10. The molecule has 0 aliphatic heterocycles. The summed E-state index contributed by atoms with van der Waals surface area (Å²) in [6.45, 7) is 4.31. The Morgan fingerprint density at radius 3 is 2.70 bits per heavy atom. The topological polar surface area (TPSA) is 73.2 Å². The van der Waals surface area contributed by atoms with Crippen LogP contribution in [0.2, 0.25) is 0 Å². The van der Waals surface area contributed by atoms with Gasteiger partial charge >= 0.3 is 5.97 Å². The average molecular weight is 315 g/mol. The molecule has 2 aromatic rings. The summed E-state index contributed by atoms with van der Waals surface area (Å²) in [5, 5.41) is 6.91. The summed E-state index contributed by atoms with van der Waals surface area (Å²) >= 11 is 0. The minimum absolute atomic E-state index is 0.0876. The third kappa shape index (κ3) is 5.58. The van der Waals surface area contributed by atoms with Crippen molar-refractivity contribution in [3.05, 3.63) is 48.3 Å². The predicted octanol–water partition coefficient (Wildman–Crippen LogP) is 1.73. The van der Waals surface area contributed by atoms with Crippen LogP contribution in [0.15, 0.2) is 42.7 Å². The summed E-state index contributed by atoms with van der Waals surface area (Å²) in [7, 11) is 0. The maximum Gasteiger partial charge on any atom is 0.310 e. The molecule has 1 aromatic carbocycles. The number of nitrogens with zero attached hydrogens (tertiary/aromatic N) is 2. The van der Waals surface area contributed by atoms with Crippen LogP contribution >= 0.6 is 0 Å². The minimum atomic E-state index is -0.447. The molecule has 1 aromatic heterocycles. The number of para-hydroxylation sites is 1. The molecule has 0 saturated heterocycles. The molecule has 0 atom stereocenters. The van der Waals surface area contributed by atoms with Gasteiger partial charge in [-0.2, -0.15) is 5.10 Å². The summed E-state index contributed by atoms with van der Waals surface area (Å²) < 4.78 is 6.66. The summed E-state index contributed by atoms with van der Waals surface area (Å²) in [5.41, 5.74) is 1.65. The van der Waals surface area contributed by atoms with Crippen molar-refractivity contribution in [2.45, 2.75) is 20.3 Å². The largest absolute Gasteiger partial charge is 0.455 e. The van der Waals surface area contributed by atoms with Crippen LogP contribution in [0.5, 0.6) is 0 Å². The molecule has 0 spiro atoms. The van der Waals surface area contributed by atoms with Crippen LogP contribution in [0.3, 0.4) is 0 Å². The molecule has 6 heteroatoms. The minimum Gasteiger partial charge on any atom is -0.455 e. The zero-order valence-electron chi connectivity index (χ0n) is 13.4. The predicted molar refractivity (Wildman–Crippen MR) is 86.1 cm³/mol. The standard InChI is InChI=1S/C17H21N3O3/c1-13(2)9-18-16(21)12-23-17(22)8-14-10-19-20(11-14)15-6-4-3-5-7-15/h3-7,10-11,13H,8-9,12H2,1-2H3,(H,18,21). The van der Waals surface area contributed by atoms with Gasteiger partial charge in [0.25, 0.3) is 5.91 Å². The van der Waals surface area contributed by atoms with E-state index in [0.717, 1.165) is 11.3 Å². The lowest BCUT2D eigenvalue weighted by molar-refractivity contribution is -0.147. The summed E-state index contributed by atoms with van der Waals surface area (Å²) in [6, 6.07) is 9.61. The van der Waals surface area contributed by atoms with E-state index >= 15 is 0 Å². The van der Waals surface area contributed by atoms with Gasteiger partial charge in [-0.15, -0.1) is 0 Å². The molecule has 1 N–H and O–H groups in total. The number of benzene rings is 1. The Kier molecular flexibility index (Phi) is 5.91. The molecule has 0 aliphatic carbocycles. The third-order valence-corrected chi connectivity index (χ3v) is 3.08. The smallest absolute Gasteiger partial charge is 0.310 e. The van der Waals surface area contributed by atoms with Gasteiger partial charge in [0.15, 0.2) is 6.61 Å². The van der Waals surface area contributed by atoms with E-state index in [1.54, 1.807) is 17.1 Å². The maximum absolute atomic E-state index is 11.8. The lowest BCUT2D eigenvalue weighted by Gasteiger charge is -2.07. The highest BCUT2D eigenvalue weighted by Crippen LogP contribution is 2.08. The van der Waals surface area contributed by atoms with Crippen molar-refractivity contribution in [2.24, 2.45) is 5.92 Å². The summed E-state index contributed by atoms with van der Waals surface area (Å²) in [6.07, 6.45) is 3.48. The lowest BCUT2D eigenvalue weighted by atomic mass is 10.2. The van der Waals surface area contributed by atoms with Crippen LogP contribution in [-0.2, 0) is 20.7 Å². The molecule has 23 heavy (non-hydrogen) atoms. The molecular formula is C17H21N3O3. The first-order chi connectivity index (χ1) is 11.0. The van der Waals surface area contributed by atoms with Crippen LogP contribution in [0.4, 0.5) is 0 Å². The van der Waals surface area contributed by atoms with E-state index in [2.05, 4.69) is 10.4 Å². The van der Waals surface area contributed by atoms with Gasteiger partial charge in [0.2, 0.25) is 0 Å². The lowest BCUT2D eigenvalue weighted by Crippen LogP contribution is -2.31. The second-order valence-electron chi connectivity index (χ2n) is 5.66. The number of aromatic nitrogens is 2. The molecule has 1 heterocycles. The van der Waals surface area contributed by atoms with E-state index in [-0.39, 0.29) is 18.9 Å². The van der Waals surface area contributed by atoms with E-state index in [1.165, 1.54) is 0 Å². The fourth-order valence-electron chi connectivity index (χ4n) is 1.91. The van der Waals surface area contributed by atoms with Gasteiger partial charge in [0.05, 0.1) is 18.3 Å². The third-order valence-electron chi connectivity index (χ3n) is 3.08. The monoisotopic (exact) mass is 315 g/mol. The Morgan fingerprint density at radius 2 is 2.00 bits per heavy atom. The molecule has 122 valence electrons. The Labute approximate surface area is 135 Å². The van der Waals surface area contributed by atoms with Crippen molar-refractivity contribution in [1.29, 1.82) is 0 Å². The maximum atomic E-state index is 11.8. The van der Waals surface area contributed by atoms with E-state index in [1.807, 2.05) is 44.2 Å². The zero-order chi connectivity index (χ0) is 16.7. The first-order valence-electron chi connectivity index (χ1n) is 7.56. The van der Waals surface area contributed by atoms with Crippen molar-refractivity contribution in [3.8, 4) is 5.69 Å². The molecular weight excluding hydrogens is 294 g/mol. The highest BCUT2D eigenvalue weighted by molar-refractivity contribution is 5.81. The Balaban J connectivity index is 1.80. The van der Waals surface area contributed by atoms with E-state index < -0.39 is 5.97 Å². The Morgan fingerprint density at radius 1 is 1.26 bits per heavy atom. The van der Waals surface area contributed by atoms with Gasteiger partial charge in [0.1, 0.15) is 0 Å². The number of hydrogen-bond acceptors (Lipinski definition) is 4. The first kappa shape index (κ1) is 16.7. The second-order valence-corrected chi connectivity index (χ2v) is 5.66. The van der Waals surface area contributed by atoms with Crippen LogP contribution < -0.4 is 5.32 Å².